The Labute approximate surface area is 200 Å². The number of benzene rings is 1. The maximum atomic E-state index is 13.4. The molecule has 35 heavy (non-hydrogen) atoms. The van der Waals surface area contributed by atoms with Crippen LogP contribution in [0.2, 0.25) is 0 Å². The molecule has 1 aromatic carbocycles. The van der Waals surface area contributed by atoms with E-state index in [1.54, 1.807) is 35.7 Å². The molecule has 0 aliphatic carbocycles. The number of H-pyrrole nitrogens is 1. The van der Waals surface area contributed by atoms with E-state index in [0.717, 1.165) is 22.4 Å². The summed E-state index contributed by atoms with van der Waals surface area (Å²) >= 11 is 0. The fourth-order valence-electron chi connectivity index (χ4n) is 4.60. The average Bonchev–Trinajstić information content (AvgIpc) is 3.50. The number of nitrogens with zero attached hydrogens (tertiary/aromatic N) is 7. The minimum Gasteiger partial charge on any atom is -0.382 e. The third-order valence-electron chi connectivity index (χ3n) is 6.37. The number of nitrogen functional groups attached to an aromatic ring is 1. The second kappa shape index (κ2) is 8.25. The molecule has 0 unspecified atom stereocenters. The zero-order valence-corrected chi connectivity index (χ0v) is 19.3. The summed E-state index contributed by atoms with van der Waals surface area (Å²) in [5.41, 5.74) is 9.79. The standard InChI is InChI=1S/C24H23N9O2/c1-24(2)23(35)31(8-9-32(24)20(34)6-7-25)17-5-3-4-15(10-17)19-11-18(16-12-28-29-13-16)21-22(26)27-14-30-33(19)21/h3-5,10-14H,6,8-9H2,1-2H3,(H,28,29)(H2,26,27,30). The first-order chi connectivity index (χ1) is 16.8. The van der Waals surface area contributed by atoms with E-state index < -0.39 is 5.54 Å². The second-order valence-corrected chi connectivity index (χ2v) is 8.78. The Morgan fingerprint density at radius 3 is 2.83 bits per heavy atom. The molecule has 1 saturated heterocycles. The number of nitriles is 1. The van der Waals surface area contributed by atoms with Crippen LogP contribution >= 0.6 is 0 Å². The molecule has 1 fully saturated rings. The van der Waals surface area contributed by atoms with Gasteiger partial charge in [-0.15, -0.1) is 0 Å². The zero-order chi connectivity index (χ0) is 24.7. The van der Waals surface area contributed by atoms with Crippen LogP contribution in [0.25, 0.3) is 27.9 Å². The van der Waals surface area contributed by atoms with Gasteiger partial charge >= 0.3 is 0 Å². The van der Waals surface area contributed by atoms with E-state index in [9.17, 15) is 9.59 Å². The van der Waals surface area contributed by atoms with E-state index in [1.807, 2.05) is 36.4 Å². The van der Waals surface area contributed by atoms with Crippen molar-refractivity contribution < 1.29 is 9.59 Å². The molecule has 5 rings (SSSR count). The van der Waals surface area contributed by atoms with Gasteiger partial charge in [-0.3, -0.25) is 14.7 Å². The summed E-state index contributed by atoms with van der Waals surface area (Å²) < 4.78 is 1.73. The summed E-state index contributed by atoms with van der Waals surface area (Å²) in [4.78, 5) is 33.1. The van der Waals surface area contributed by atoms with Crippen molar-refractivity contribution in [1.82, 2.24) is 29.7 Å². The number of rotatable bonds is 4. The Morgan fingerprint density at radius 1 is 1.26 bits per heavy atom. The summed E-state index contributed by atoms with van der Waals surface area (Å²) in [6.45, 7) is 4.08. The topological polar surface area (TPSA) is 149 Å². The molecule has 176 valence electrons. The Morgan fingerprint density at radius 2 is 2.09 bits per heavy atom. The maximum absolute atomic E-state index is 13.4. The minimum absolute atomic E-state index is 0.210. The van der Waals surface area contributed by atoms with Crippen molar-refractivity contribution in [3.63, 3.8) is 0 Å². The number of aromatic nitrogens is 5. The molecule has 0 radical (unpaired) electrons. The van der Waals surface area contributed by atoms with Crippen molar-refractivity contribution in [1.29, 1.82) is 5.26 Å². The lowest BCUT2D eigenvalue weighted by molar-refractivity contribution is -0.146. The number of fused-ring (bicyclic) bond motifs is 1. The van der Waals surface area contributed by atoms with Crippen LogP contribution in [0.4, 0.5) is 11.5 Å². The van der Waals surface area contributed by atoms with Crippen LogP contribution in [0.5, 0.6) is 0 Å². The number of hydrogen-bond acceptors (Lipinski definition) is 7. The molecule has 11 heteroatoms. The van der Waals surface area contributed by atoms with Gasteiger partial charge in [-0.05, 0) is 32.0 Å². The minimum atomic E-state index is -1.07. The summed E-state index contributed by atoms with van der Waals surface area (Å²) in [5.74, 6) is -0.213. The highest BCUT2D eigenvalue weighted by Gasteiger charge is 2.44. The predicted octanol–water partition coefficient (Wildman–Crippen LogP) is 2.24. The Hall–Kier alpha value is -4.72. The number of piperazine rings is 1. The summed E-state index contributed by atoms with van der Waals surface area (Å²) in [6, 6.07) is 11.4. The van der Waals surface area contributed by atoms with E-state index in [-0.39, 0.29) is 18.2 Å². The van der Waals surface area contributed by atoms with Crippen molar-refractivity contribution in [2.24, 2.45) is 0 Å². The van der Waals surface area contributed by atoms with Gasteiger partial charge in [-0.25, -0.2) is 9.50 Å². The highest BCUT2D eigenvalue weighted by atomic mass is 16.2. The lowest BCUT2D eigenvalue weighted by Crippen LogP contribution is -2.64. The fraction of sp³-hybridized carbons (Fsp3) is 0.250. The molecule has 3 N–H and O–H groups in total. The van der Waals surface area contributed by atoms with Gasteiger partial charge in [0.05, 0.1) is 18.0 Å². The third kappa shape index (κ3) is 3.56. The molecular weight excluding hydrogens is 446 g/mol. The van der Waals surface area contributed by atoms with Crippen LogP contribution in [0.1, 0.15) is 20.3 Å². The average molecular weight is 470 g/mol. The number of nitrogens with one attached hydrogen (secondary N) is 1. The van der Waals surface area contributed by atoms with Crippen LogP contribution in [-0.2, 0) is 9.59 Å². The van der Waals surface area contributed by atoms with Gasteiger partial charge < -0.3 is 15.5 Å². The lowest BCUT2D eigenvalue weighted by Gasteiger charge is -2.45. The molecular formula is C24H23N9O2. The third-order valence-corrected chi connectivity index (χ3v) is 6.37. The monoisotopic (exact) mass is 469 g/mol. The van der Waals surface area contributed by atoms with Crippen molar-refractivity contribution in [3.8, 4) is 28.5 Å². The largest absolute Gasteiger partial charge is 0.382 e. The Bertz CT molecular complexity index is 1480. The van der Waals surface area contributed by atoms with Crippen LogP contribution in [-0.4, -0.2) is 60.1 Å². The van der Waals surface area contributed by atoms with Gasteiger partial charge in [0, 0.05) is 41.7 Å². The van der Waals surface area contributed by atoms with Crippen molar-refractivity contribution in [3.05, 3.63) is 49.1 Å². The van der Waals surface area contributed by atoms with E-state index in [4.69, 9.17) is 11.0 Å². The molecule has 0 atom stereocenters. The molecule has 0 saturated carbocycles. The first-order valence-corrected chi connectivity index (χ1v) is 11.0. The van der Waals surface area contributed by atoms with E-state index in [0.29, 0.717) is 30.1 Å². The van der Waals surface area contributed by atoms with Gasteiger partial charge in [0.25, 0.3) is 5.91 Å². The number of anilines is 2. The van der Waals surface area contributed by atoms with Crippen LogP contribution in [0.15, 0.2) is 49.1 Å². The molecule has 4 aromatic rings. The highest BCUT2D eigenvalue weighted by Crippen LogP contribution is 2.36. The molecule has 1 aliphatic heterocycles. The lowest BCUT2D eigenvalue weighted by atomic mass is 9.96. The van der Waals surface area contributed by atoms with Crippen molar-refractivity contribution in [2.45, 2.75) is 25.8 Å². The SMILES string of the molecule is CC1(C)C(=O)N(c2cccc(-c3cc(-c4cn[nH]c4)c4c(N)ncnn34)c2)CCN1C(=O)CC#N. The normalized spacial score (nSPS) is 15.4. The van der Waals surface area contributed by atoms with Crippen molar-refractivity contribution >= 4 is 28.8 Å². The highest BCUT2D eigenvalue weighted by molar-refractivity contribution is 6.03. The van der Waals surface area contributed by atoms with Crippen LogP contribution < -0.4 is 10.6 Å². The van der Waals surface area contributed by atoms with Gasteiger partial charge in [0.2, 0.25) is 5.91 Å². The van der Waals surface area contributed by atoms with Crippen LogP contribution in [0, 0.1) is 11.3 Å². The first kappa shape index (κ1) is 22.1. The molecule has 0 bridgehead atoms. The number of amides is 2. The number of carbonyl (C=O) groups excluding carboxylic acids is 2. The number of hydrogen-bond donors (Lipinski definition) is 2. The molecule has 11 nitrogen and oxygen atoms in total. The smallest absolute Gasteiger partial charge is 0.252 e. The van der Waals surface area contributed by atoms with Crippen molar-refractivity contribution in [2.75, 3.05) is 23.7 Å². The first-order valence-electron chi connectivity index (χ1n) is 11.0. The molecule has 0 spiro atoms. The Balaban J connectivity index is 1.55. The molecule has 2 amide bonds. The fourth-order valence-corrected chi connectivity index (χ4v) is 4.60. The van der Waals surface area contributed by atoms with Gasteiger partial charge in [-0.1, -0.05) is 12.1 Å². The number of nitrogens with two attached hydrogens (primary N) is 1. The van der Waals surface area contributed by atoms with E-state index >= 15 is 0 Å². The van der Waals surface area contributed by atoms with Gasteiger partial charge in [0.15, 0.2) is 5.82 Å². The summed E-state index contributed by atoms with van der Waals surface area (Å²) in [7, 11) is 0. The van der Waals surface area contributed by atoms with E-state index in [2.05, 4.69) is 20.3 Å². The number of carbonyl (C=O) groups is 2. The summed E-state index contributed by atoms with van der Waals surface area (Å²) in [6.07, 6.45) is 4.63. The Kier molecular flexibility index (Phi) is 5.21. The summed E-state index contributed by atoms with van der Waals surface area (Å²) in [5, 5.41) is 20.2. The molecule has 1 aliphatic rings. The van der Waals surface area contributed by atoms with Gasteiger partial charge in [0.1, 0.15) is 23.8 Å². The second-order valence-electron chi connectivity index (χ2n) is 8.78. The maximum Gasteiger partial charge on any atom is 0.252 e. The molecule has 4 heterocycles. The van der Waals surface area contributed by atoms with E-state index in [1.165, 1.54) is 11.2 Å². The zero-order valence-electron chi connectivity index (χ0n) is 19.3. The quantitative estimate of drug-likeness (QED) is 0.465. The predicted molar refractivity (Wildman–Crippen MR) is 129 cm³/mol. The number of aromatic amines is 1. The van der Waals surface area contributed by atoms with Crippen LogP contribution in [0.3, 0.4) is 0 Å². The molecule has 3 aromatic heterocycles. The van der Waals surface area contributed by atoms with Gasteiger partial charge in [-0.2, -0.15) is 15.5 Å².